The maximum absolute atomic E-state index is 9.41. The van der Waals surface area contributed by atoms with E-state index in [2.05, 4.69) is 13.2 Å². The summed E-state index contributed by atoms with van der Waals surface area (Å²) in [5, 5.41) is 0. The maximum atomic E-state index is 9.41. The summed E-state index contributed by atoms with van der Waals surface area (Å²) in [6.45, 7) is 5.17. The molecule has 0 fully saturated rings. The van der Waals surface area contributed by atoms with Gasteiger partial charge in [-0.25, -0.2) is 0 Å². The van der Waals surface area contributed by atoms with Crippen molar-refractivity contribution in [1.82, 2.24) is 0 Å². The molecule has 0 aliphatic rings. The zero-order chi connectivity index (χ0) is 34.5. The normalized spacial score (nSPS) is 11.1. The van der Waals surface area contributed by atoms with Crippen LogP contribution in [0.4, 0.5) is 0 Å². The van der Waals surface area contributed by atoms with E-state index in [1.165, 1.54) is 180 Å². The molecule has 0 aromatic carbocycles. The predicted octanol–water partition coefficient (Wildman–Crippen LogP) is 15.6. The van der Waals surface area contributed by atoms with E-state index < -0.39 is 15.7 Å². The van der Waals surface area contributed by atoms with Crippen LogP contribution in [0.3, 0.4) is 0 Å². The van der Waals surface area contributed by atoms with E-state index >= 15 is 0 Å². The number of hydrogen-bond acceptors (Lipinski definition) is 4. The van der Waals surface area contributed by atoms with Crippen LogP contribution in [0.15, 0.2) is 25.3 Å². The molecule has 0 aromatic rings. The average molecular weight is 774 g/mol. The van der Waals surface area contributed by atoms with Crippen molar-refractivity contribution >= 4 is 37.9 Å². The number of allylic oxidation sites excluding steroid dienone is 2. The van der Waals surface area contributed by atoms with Gasteiger partial charge in [0.2, 0.25) is 0 Å². The van der Waals surface area contributed by atoms with E-state index in [1.54, 1.807) is 7.11 Å². The molecule has 0 aromatic heterocycles. The standard InChI is InChI=1S/C19H38Cl2OSi.C19H40O3Si.3CH4/c2*1-3-4-5-6-7-8-9-10-11-12-13-14-15-16-17-18-19-23(20,21)22-2;;;/h3H,1,4-19H2,2H3;3,20-21H,1,4-19H2,2H3;3*1H4. The van der Waals surface area contributed by atoms with Gasteiger partial charge in [0, 0.05) is 20.3 Å². The first-order valence-electron chi connectivity index (χ1n) is 19.4. The van der Waals surface area contributed by atoms with Crippen LogP contribution >= 0.6 is 22.2 Å². The summed E-state index contributed by atoms with van der Waals surface area (Å²) < 4.78 is 9.84. The monoisotopic (exact) mass is 773 g/mol. The van der Waals surface area contributed by atoms with Crippen LogP contribution < -0.4 is 0 Å². The number of hydrogen-bond donors (Lipinski definition) is 2. The van der Waals surface area contributed by atoms with Crippen LogP contribution in [0, 0.1) is 0 Å². The minimum Gasteiger partial charge on any atom is -0.396 e. The van der Waals surface area contributed by atoms with Crippen molar-refractivity contribution in [3.63, 3.8) is 0 Å². The number of unbranched alkanes of at least 4 members (excludes halogenated alkanes) is 28. The molecular weight excluding hydrogens is 684 g/mol. The predicted molar refractivity (Wildman–Crippen MR) is 230 cm³/mol. The van der Waals surface area contributed by atoms with Gasteiger partial charge in [0.05, 0.1) is 0 Å². The summed E-state index contributed by atoms with van der Waals surface area (Å²) >= 11 is 12.1. The Labute approximate surface area is 321 Å². The summed E-state index contributed by atoms with van der Waals surface area (Å²) in [5.41, 5.74) is 0. The molecule has 2 N–H and O–H groups in total. The second-order valence-corrected chi connectivity index (χ2v) is 22.2. The average Bonchev–Trinajstić information content (AvgIpc) is 3.04. The van der Waals surface area contributed by atoms with Gasteiger partial charge in [-0.05, 0) is 38.1 Å². The lowest BCUT2D eigenvalue weighted by molar-refractivity contribution is 0.183. The quantitative estimate of drug-likeness (QED) is 0.0288. The van der Waals surface area contributed by atoms with Gasteiger partial charge in [-0.15, -0.1) is 35.3 Å². The lowest BCUT2D eigenvalue weighted by Crippen LogP contribution is -2.37. The van der Waals surface area contributed by atoms with Crippen molar-refractivity contribution < 1.29 is 18.4 Å². The van der Waals surface area contributed by atoms with E-state index in [9.17, 15) is 9.59 Å². The molecule has 0 saturated heterocycles. The van der Waals surface area contributed by atoms with Gasteiger partial charge in [0.1, 0.15) is 0 Å². The minimum absolute atomic E-state index is 0. The lowest BCUT2D eigenvalue weighted by atomic mass is 10.0. The van der Waals surface area contributed by atoms with Crippen molar-refractivity contribution in [3.05, 3.63) is 25.3 Å². The summed E-state index contributed by atoms with van der Waals surface area (Å²) in [6, 6.07) is 1.30. The Morgan fingerprint density at radius 1 is 0.408 bits per heavy atom. The molecule has 0 heterocycles. The van der Waals surface area contributed by atoms with E-state index in [-0.39, 0.29) is 22.3 Å². The summed E-state index contributed by atoms with van der Waals surface area (Å²) in [4.78, 5) is 18.8. The zero-order valence-corrected chi connectivity index (χ0v) is 34.2. The molecule has 0 unspecified atom stereocenters. The Kier molecular flexibility index (Phi) is 55.5. The Morgan fingerprint density at radius 3 is 0.857 bits per heavy atom. The Balaban J connectivity index is -0.000000248. The molecule has 0 radical (unpaired) electrons. The highest BCUT2D eigenvalue weighted by atomic mass is 35.7. The summed E-state index contributed by atoms with van der Waals surface area (Å²) in [5.74, 6) is 0. The minimum atomic E-state index is -3.29. The Bertz CT molecular complexity index is 572. The van der Waals surface area contributed by atoms with Gasteiger partial charge in [-0.1, -0.05) is 195 Å². The van der Waals surface area contributed by atoms with Gasteiger partial charge in [-0.3, -0.25) is 0 Å². The van der Waals surface area contributed by atoms with E-state index in [0.717, 1.165) is 25.3 Å². The molecule has 0 bridgehead atoms. The molecule has 0 atom stereocenters. The van der Waals surface area contributed by atoms with Crippen molar-refractivity contribution in [3.8, 4) is 0 Å². The van der Waals surface area contributed by atoms with E-state index in [0.29, 0.717) is 6.04 Å². The SMILES string of the molecule is C.C.C.C=CCCCCCCCCCCCCCCCC[Si](Cl)(Cl)OC.C=CCCCCCCCCCCCCCCCC[Si](O)(O)OC. The van der Waals surface area contributed by atoms with Crippen molar-refractivity contribution in [2.45, 2.75) is 227 Å². The third kappa shape index (κ3) is 52.8. The van der Waals surface area contributed by atoms with Gasteiger partial charge in [0.25, 0.3) is 0 Å². The molecule has 8 heteroatoms. The van der Waals surface area contributed by atoms with Gasteiger partial charge in [0.15, 0.2) is 0 Å². The molecule has 0 amide bonds. The first-order valence-corrected chi connectivity index (χ1v) is 25.5. The van der Waals surface area contributed by atoms with Crippen LogP contribution in [0.25, 0.3) is 0 Å². The summed E-state index contributed by atoms with van der Waals surface area (Å²) in [6.07, 6.45) is 43.6. The Hall–Kier alpha value is 0.334. The van der Waals surface area contributed by atoms with Crippen LogP contribution in [-0.2, 0) is 8.85 Å². The lowest BCUT2D eigenvalue weighted by Gasteiger charge is -2.13. The van der Waals surface area contributed by atoms with E-state index in [4.69, 9.17) is 31.0 Å². The summed E-state index contributed by atoms with van der Waals surface area (Å²) in [7, 11) is -0.284. The third-order valence-electron chi connectivity index (χ3n) is 8.91. The fourth-order valence-electron chi connectivity index (χ4n) is 5.71. The smallest absolute Gasteiger partial charge is 0.396 e. The van der Waals surface area contributed by atoms with Crippen LogP contribution in [0.5, 0.6) is 0 Å². The molecule has 300 valence electrons. The van der Waals surface area contributed by atoms with Gasteiger partial charge in [-0.2, -0.15) is 0 Å². The molecule has 0 aliphatic heterocycles. The highest BCUT2D eigenvalue weighted by Gasteiger charge is 2.29. The van der Waals surface area contributed by atoms with Crippen LogP contribution in [-0.4, -0.2) is 39.6 Å². The van der Waals surface area contributed by atoms with Crippen molar-refractivity contribution in [2.24, 2.45) is 0 Å². The Morgan fingerprint density at radius 2 is 0.633 bits per heavy atom. The largest absolute Gasteiger partial charge is 0.495 e. The molecular formula is C41H90Cl2O4Si2. The molecule has 0 aliphatic carbocycles. The first kappa shape index (κ1) is 58.6. The fourth-order valence-corrected chi connectivity index (χ4v) is 8.29. The highest BCUT2D eigenvalue weighted by Crippen LogP contribution is 2.24. The number of rotatable bonds is 36. The van der Waals surface area contributed by atoms with Crippen molar-refractivity contribution in [1.29, 1.82) is 0 Å². The second-order valence-electron chi connectivity index (χ2n) is 13.3. The van der Waals surface area contributed by atoms with Crippen LogP contribution in [0.1, 0.15) is 215 Å². The molecule has 0 rings (SSSR count). The van der Waals surface area contributed by atoms with Gasteiger partial charge >= 0.3 is 15.7 Å². The topological polar surface area (TPSA) is 58.9 Å². The van der Waals surface area contributed by atoms with Crippen LogP contribution in [0.2, 0.25) is 12.1 Å². The molecule has 4 nitrogen and oxygen atoms in total. The zero-order valence-electron chi connectivity index (χ0n) is 30.7. The fraction of sp³-hybridized carbons (Fsp3) is 0.902. The third-order valence-corrected chi connectivity index (χ3v) is 14.2. The maximum Gasteiger partial charge on any atom is 0.495 e. The molecule has 49 heavy (non-hydrogen) atoms. The van der Waals surface area contributed by atoms with Gasteiger partial charge < -0.3 is 18.4 Å². The van der Waals surface area contributed by atoms with Crippen molar-refractivity contribution in [2.75, 3.05) is 14.2 Å². The number of halogens is 2. The van der Waals surface area contributed by atoms with E-state index in [1.807, 2.05) is 12.2 Å². The molecule has 0 spiro atoms. The molecule has 0 saturated carbocycles. The second kappa shape index (κ2) is 46.4. The first-order chi connectivity index (χ1) is 22.2. The highest BCUT2D eigenvalue weighted by molar-refractivity contribution is 7.42.